The summed E-state index contributed by atoms with van der Waals surface area (Å²) in [4.78, 5) is 137. The van der Waals surface area contributed by atoms with Gasteiger partial charge in [0, 0.05) is 78.7 Å². The van der Waals surface area contributed by atoms with Crippen molar-refractivity contribution in [3.05, 3.63) is 29.3 Å². The van der Waals surface area contributed by atoms with E-state index in [0.29, 0.717) is 70.9 Å². The number of ether oxygens (including phenoxy) is 2. The molecule has 414 valence electrons. The smallest absolute Gasteiger partial charge is 0.326 e. The average molecular weight is 1060 g/mol. The number of carbonyl (C=O) groups is 10. The molecule has 25 nitrogen and oxygen atoms in total. The number of carbonyl (C=O) groups excluding carboxylic acids is 7. The Morgan fingerprint density at radius 2 is 1.37 bits per heavy atom. The summed E-state index contributed by atoms with van der Waals surface area (Å²) >= 11 is 0. The molecule has 0 saturated carbocycles. The summed E-state index contributed by atoms with van der Waals surface area (Å²) in [6, 6.07) is 0.394. The highest BCUT2D eigenvalue weighted by molar-refractivity contribution is 6.08. The van der Waals surface area contributed by atoms with Crippen LogP contribution in [0.25, 0.3) is 0 Å². The molecule has 6 amide bonds. The van der Waals surface area contributed by atoms with Crippen molar-refractivity contribution < 1.29 is 72.7 Å². The lowest BCUT2D eigenvalue weighted by Crippen LogP contribution is -2.59. The van der Waals surface area contributed by atoms with Crippen molar-refractivity contribution in [1.29, 1.82) is 0 Å². The lowest BCUT2D eigenvalue weighted by Gasteiger charge is -2.35. The van der Waals surface area contributed by atoms with Crippen molar-refractivity contribution >= 4 is 65.0 Å². The van der Waals surface area contributed by atoms with Crippen molar-refractivity contribution in [2.24, 2.45) is 11.8 Å². The first-order valence-corrected chi connectivity index (χ1v) is 26.0. The van der Waals surface area contributed by atoms with E-state index in [1.54, 1.807) is 6.92 Å². The number of hydrogen-bond acceptors (Lipinski definition) is 16. The van der Waals surface area contributed by atoms with Crippen LogP contribution in [0.15, 0.2) is 18.2 Å². The van der Waals surface area contributed by atoms with Crippen LogP contribution in [0, 0.1) is 11.8 Å². The van der Waals surface area contributed by atoms with E-state index < -0.39 is 95.8 Å². The van der Waals surface area contributed by atoms with Gasteiger partial charge in [-0.05, 0) is 68.2 Å². The number of nitrogens with one attached hydrogen (secondary N) is 5. The molecule has 0 radical (unpaired) electrons. The molecule has 3 fully saturated rings. The van der Waals surface area contributed by atoms with E-state index in [1.165, 1.54) is 12.0 Å². The number of para-hydroxylation sites is 1. The Balaban J connectivity index is 0.920. The first kappa shape index (κ1) is 58.0. The minimum Gasteiger partial charge on any atom is -0.480 e. The van der Waals surface area contributed by atoms with Gasteiger partial charge in [0.2, 0.25) is 41.7 Å². The summed E-state index contributed by atoms with van der Waals surface area (Å²) in [5, 5.41) is 42.1. The fraction of sp³-hybridized carbons (Fsp3) is 0.680. The Bertz CT molecular complexity index is 2230. The van der Waals surface area contributed by atoms with Crippen LogP contribution in [0.5, 0.6) is 0 Å². The normalized spacial score (nSPS) is 23.2. The Hall–Kier alpha value is -6.28. The number of carboxylic acid groups (broad SMARTS) is 3. The van der Waals surface area contributed by atoms with Crippen molar-refractivity contribution in [3.8, 4) is 0 Å². The number of hydrogen-bond donors (Lipinski definition) is 8. The number of cyclic esters (lactones) is 1. The van der Waals surface area contributed by atoms with Crippen LogP contribution in [0.4, 0.5) is 5.69 Å². The molecule has 7 atom stereocenters. The van der Waals surface area contributed by atoms with Gasteiger partial charge in [-0.1, -0.05) is 38.5 Å². The van der Waals surface area contributed by atoms with E-state index in [0.717, 1.165) is 30.5 Å². The highest BCUT2D eigenvalue weighted by Crippen LogP contribution is 2.39. The Morgan fingerprint density at radius 1 is 0.747 bits per heavy atom. The van der Waals surface area contributed by atoms with Crippen LogP contribution in [0.2, 0.25) is 0 Å². The molecular formula is C50H74N10O15. The number of aliphatic carboxylic acids is 3. The molecule has 5 heterocycles. The maximum absolute atomic E-state index is 14.3. The van der Waals surface area contributed by atoms with Gasteiger partial charge < -0.3 is 56.3 Å². The van der Waals surface area contributed by atoms with Crippen LogP contribution >= 0.6 is 0 Å². The zero-order chi connectivity index (χ0) is 54.3. The van der Waals surface area contributed by atoms with Gasteiger partial charge in [-0.2, -0.15) is 0 Å². The number of piperidine rings is 1. The maximum Gasteiger partial charge on any atom is 0.326 e. The van der Waals surface area contributed by atoms with E-state index >= 15 is 0 Å². The molecule has 1 aromatic rings. The number of benzene rings is 1. The lowest BCUT2D eigenvalue weighted by atomic mass is 9.96. The molecule has 3 saturated heterocycles. The summed E-state index contributed by atoms with van der Waals surface area (Å²) in [6.07, 6.45) is 1.13. The number of esters is 1. The number of likely N-dealkylation sites (tertiary alicyclic amines) is 1. The van der Waals surface area contributed by atoms with Crippen LogP contribution in [-0.2, 0) is 70.3 Å². The Kier molecular flexibility index (Phi) is 21.3. The summed E-state index contributed by atoms with van der Waals surface area (Å²) < 4.78 is 10.4. The van der Waals surface area contributed by atoms with Crippen LogP contribution in [-0.4, -0.2) is 223 Å². The molecule has 0 aliphatic carbocycles. The third-order valence-electron chi connectivity index (χ3n) is 14.8. The highest BCUT2D eigenvalue weighted by atomic mass is 16.7. The van der Waals surface area contributed by atoms with E-state index in [1.807, 2.05) is 39.8 Å². The van der Waals surface area contributed by atoms with Crippen LogP contribution in [0.3, 0.4) is 0 Å². The average Bonchev–Trinajstić information content (AvgIpc) is 3.92. The van der Waals surface area contributed by atoms with Crippen molar-refractivity contribution in [3.63, 3.8) is 0 Å². The van der Waals surface area contributed by atoms with Crippen LogP contribution < -0.4 is 31.5 Å². The molecule has 75 heavy (non-hydrogen) atoms. The fourth-order valence-corrected chi connectivity index (χ4v) is 10.5. The van der Waals surface area contributed by atoms with Gasteiger partial charge in [-0.3, -0.25) is 62.8 Å². The van der Waals surface area contributed by atoms with Crippen LogP contribution in [0.1, 0.15) is 76.3 Å². The number of anilines is 1. The standard InChI is InChI=1S/C50H74N10O15/c1-4-30(2)44(47(70)53-34-9-8-32-6-5-7-33-24-37(60(45(32)33)48(34)71)46(69)54-36-25-43(68)75-50(36)74-3)55-39(62)12-15-51-38(61)11-10-35(49(72)73)52-40(63)27-56-16-13-31(14-17-56)26-57-18-20-58(28-41(64)65)22-23-59(21-19-57)29-42(66)67/h5-7,30-31,34-37,44,50H,4,8-29H2,1-3H3,(H,51,61)(H,52,63)(H,53,70)(H,54,69)(H,55,62)(H,64,65)(H,66,67)(H,72,73)/t30-,34-,35-,36-,37-,44-,50+/m0/s1. The molecule has 0 aromatic heterocycles. The maximum atomic E-state index is 14.3. The molecule has 8 N–H and O–H groups in total. The molecule has 5 aliphatic rings. The lowest BCUT2D eigenvalue weighted by molar-refractivity contribution is -0.160. The minimum atomic E-state index is -1.34. The third kappa shape index (κ3) is 16.6. The molecule has 0 bridgehead atoms. The molecule has 0 unspecified atom stereocenters. The van der Waals surface area contributed by atoms with Gasteiger partial charge in [-0.25, -0.2) is 4.79 Å². The van der Waals surface area contributed by atoms with Gasteiger partial charge in [0.25, 0.3) is 0 Å². The molecule has 5 aliphatic heterocycles. The number of methoxy groups -OCH3 is 1. The number of nitrogens with zero attached hydrogens (tertiary/aromatic N) is 5. The second-order valence-electron chi connectivity index (χ2n) is 20.3. The predicted octanol–water partition coefficient (Wildman–Crippen LogP) is -2.03. The molecule has 25 heteroatoms. The molecule has 1 aromatic carbocycles. The SMILES string of the molecule is CC[C@H](C)[C@H](NC(=O)CCNC(=O)CC[C@H](NC(=O)CN1CCC(CN2CCN(CC(=O)O)CCN(CC(=O)O)CC2)CC1)C(=O)O)C(=O)N[C@H]1CCc2cccc3c2N(C1=O)[C@H](C(=O)N[C@H]1CC(=O)O[C@H]1OC)C3. The van der Waals surface area contributed by atoms with Crippen molar-refractivity contribution in [2.75, 3.05) is 97.1 Å². The monoisotopic (exact) mass is 1050 g/mol. The largest absolute Gasteiger partial charge is 0.480 e. The quantitative estimate of drug-likeness (QED) is 0.0518. The van der Waals surface area contributed by atoms with E-state index in [4.69, 9.17) is 9.47 Å². The first-order chi connectivity index (χ1) is 35.8. The van der Waals surface area contributed by atoms with Gasteiger partial charge in [0.15, 0.2) is 0 Å². The number of rotatable bonds is 24. The van der Waals surface area contributed by atoms with Gasteiger partial charge in [0.05, 0.1) is 31.7 Å². The Morgan fingerprint density at radius 3 is 1.99 bits per heavy atom. The summed E-state index contributed by atoms with van der Waals surface area (Å²) in [6.45, 7) is 8.37. The van der Waals surface area contributed by atoms with E-state index in [9.17, 15) is 63.3 Å². The number of carboxylic acids is 3. The molecule has 6 rings (SSSR count). The second kappa shape index (κ2) is 27.5. The topological polar surface area (TPSA) is 326 Å². The van der Waals surface area contributed by atoms with Gasteiger partial charge in [0.1, 0.15) is 30.2 Å². The first-order valence-electron chi connectivity index (χ1n) is 26.0. The van der Waals surface area contributed by atoms with E-state index in [-0.39, 0.29) is 76.5 Å². The summed E-state index contributed by atoms with van der Waals surface area (Å²) in [7, 11) is 1.35. The highest BCUT2D eigenvalue weighted by Gasteiger charge is 2.46. The zero-order valence-corrected chi connectivity index (χ0v) is 43.1. The number of aryl methyl sites for hydroxylation is 1. The summed E-state index contributed by atoms with van der Waals surface area (Å²) in [5.74, 6) is -7.01. The second-order valence-corrected chi connectivity index (χ2v) is 20.3. The predicted molar refractivity (Wildman–Crippen MR) is 267 cm³/mol. The Labute approximate surface area is 435 Å². The zero-order valence-electron chi connectivity index (χ0n) is 43.1. The van der Waals surface area contributed by atoms with Gasteiger partial charge >= 0.3 is 23.9 Å². The van der Waals surface area contributed by atoms with Crippen molar-refractivity contribution in [1.82, 2.24) is 46.2 Å². The van der Waals surface area contributed by atoms with Gasteiger partial charge in [-0.15, -0.1) is 0 Å². The third-order valence-corrected chi connectivity index (χ3v) is 14.8. The molecule has 0 spiro atoms. The van der Waals surface area contributed by atoms with E-state index in [2.05, 4.69) is 31.5 Å². The number of amides is 6. The summed E-state index contributed by atoms with van der Waals surface area (Å²) in [5.41, 5.74) is 2.24. The minimum absolute atomic E-state index is 0.0348. The fourth-order valence-electron chi connectivity index (χ4n) is 10.5. The van der Waals surface area contributed by atoms with Crippen molar-refractivity contribution in [2.45, 2.75) is 115 Å². The molecular weight excluding hydrogens is 981 g/mol.